The second-order valence-corrected chi connectivity index (χ2v) is 3.38. The topological polar surface area (TPSA) is 33.1 Å². The molecule has 3 heteroatoms. The van der Waals surface area contributed by atoms with Crippen LogP contribution in [0.3, 0.4) is 0 Å². The van der Waals surface area contributed by atoms with Crippen LogP contribution in [-0.2, 0) is 5.41 Å². The highest BCUT2D eigenvalue weighted by molar-refractivity contribution is 5.20. The molecule has 0 aliphatic carbocycles. The lowest BCUT2D eigenvalue weighted by atomic mass is 9.86. The van der Waals surface area contributed by atoms with Crippen molar-refractivity contribution in [1.82, 2.24) is 4.98 Å². The molecule has 0 unspecified atom stereocenters. The fraction of sp³-hybridized carbons (Fsp3) is 0.444. The van der Waals surface area contributed by atoms with Crippen LogP contribution in [0.25, 0.3) is 0 Å². The predicted octanol–water partition coefficient (Wildman–Crippen LogP) is 1.49. The number of hydrogen-bond donors (Lipinski definition) is 1. The Hall–Kier alpha value is -0.960. The molecule has 0 radical (unpaired) electrons. The standard InChI is InChI=1S/C9H12FNO/c1-9(2,6-12)7-4-3-5-11-8(7)10/h3-5,12H,6H2,1-2H3. The first-order chi connectivity index (χ1) is 5.58. The Kier molecular flexibility index (Phi) is 2.43. The molecule has 1 aromatic heterocycles. The fourth-order valence-corrected chi connectivity index (χ4v) is 0.976. The second-order valence-electron chi connectivity index (χ2n) is 3.38. The summed E-state index contributed by atoms with van der Waals surface area (Å²) >= 11 is 0. The Bertz CT molecular complexity index is 273. The molecule has 0 saturated carbocycles. The Morgan fingerprint density at radius 3 is 2.75 bits per heavy atom. The van der Waals surface area contributed by atoms with Gasteiger partial charge in [0.2, 0.25) is 5.95 Å². The summed E-state index contributed by atoms with van der Waals surface area (Å²) in [6.07, 6.45) is 1.40. The maximum Gasteiger partial charge on any atom is 0.216 e. The molecule has 0 aliphatic heterocycles. The summed E-state index contributed by atoms with van der Waals surface area (Å²) in [5.74, 6) is -0.503. The smallest absolute Gasteiger partial charge is 0.216 e. The highest BCUT2D eigenvalue weighted by Gasteiger charge is 2.23. The second kappa shape index (κ2) is 3.19. The number of nitrogens with zero attached hydrogens (tertiary/aromatic N) is 1. The van der Waals surface area contributed by atoms with Crippen molar-refractivity contribution < 1.29 is 9.50 Å². The van der Waals surface area contributed by atoms with Crippen LogP contribution in [0.15, 0.2) is 18.3 Å². The third kappa shape index (κ3) is 1.61. The van der Waals surface area contributed by atoms with E-state index in [4.69, 9.17) is 5.11 Å². The van der Waals surface area contributed by atoms with Gasteiger partial charge >= 0.3 is 0 Å². The fourth-order valence-electron chi connectivity index (χ4n) is 0.976. The van der Waals surface area contributed by atoms with Gasteiger partial charge in [-0.3, -0.25) is 0 Å². The summed E-state index contributed by atoms with van der Waals surface area (Å²) in [5, 5.41) is 8.98. The molecular formula is C9H12FNO. The Morgan fingerprint density at radius 1 is 1.58 bits per heavy atom. The van der Waals surface area contributed by atoms with Gasteiger partial charge in [0.25, 0.3) is 0 Å². The number of aliphatic hydroxyl groups excluding tert-OH is 1. The van der Waals surface area contributed by atoms with Gasteiger partial charge in [0, 0.05) is 17.2 Å². The largest absolute Gasteiger partial charge is 0.395 e. The van der Waals surface area contributed by atoms with Crippen LogP contribution in [0.5, 0.6) is 0 Å². The van der Waals surface area contributed by atoms with Crippen LogP contribution in [-0.4, -0.2) is 16.7 Å². The monoisotopic (exact) mass is 169 g/mol. The minimum atomic E-state index is -0.557. The summed E-state index contributed by atoms with van der Waals surface area (Å²) in [6.45, 7) is 3.45. The molecule has 66 valence electrons. The van der Waals surface area contributed by atoms with E-state index in [1.807, 2.05) is 0 Å². The van der Waals surface area contributed by atoms with E-state index in [-0.39, 0.29) is 6.61 Å². The van der Waals surface area contributed by atoms with Gasteiger partial charge in [0.1, 0.15) is 0 Å². The highest BCUT2D eigenvalue weighted by atomic mass is 19.1. The van der Waals surface area contributed by atoms with E-state index in [0.717, 1.165) is 0 Å². The lowest BCUT2D eigenvalue weighted by molar-refractivity contribution is 0.214. The molecule has 2 nitrogen and oxygen atoms in total. The molecule has 1 N–H and O–H groups in total. The molecule has 1 heterocycles. The van der Waals surface area contributed by atoms with Crippen LogP contribution in [0.2, 0.25) is 0 Å². The Labute approximate surface area is 71.1 Å². The molecule has 0 saturated heterocycles. The average molecular weight is 169 g/mol. The summed E-state index contributed by atoms with van der Waals surface area (Å²) in [7, 11) is 0. The minimum Gasteiger partial charge on any atom is -0.395 e. The van der Waals surface area contributed by atoms with Gasteiger partial charge < -0.3 is 5.11 Å². The third-order valence-electron chi connectivity index (χ3n) is 1.88. The molecule has 1 rings (SSSR count). The van der Waals surface area contributed by atoms with E-state index in [9.17, 15) is 4.39 Å². The molecule has 0 spiro atoms. The van der Waals surface area contributed by atoms with Crippen molar-refractivity contribution in [3.63, 3.8) is 0 Å². The van der Waals surface area contributed by atoms with Crippen molar-refractivity contribution in [1.29, 1.82) is 0 Å². The maximum atomic E-state index is 13.1. The summed E-state index contributed by atoms with van der Waals surface area (Å²) in [4.78, 5) is 3.52. The van der Waals surface area contributed by atoms with Gasteiger partial charge in [-0.05, 0) is 6.07 Å². The highest BCUT2D eigenvalue weighted by Crippen LogP contribution is 2.23. The van der Waals surface area contributed by atoms with E-state index < -0.39 is 11.4 Å². The SMILES string of the molecule is CC(C)(CO)c1cccnc1F. The van der Waals surface area contributed by atoms with Crippen LogP contribution in [0, 0.1) is 5.95 Å². The van der Waals surface area contributed by atoms with Gasteiger partial charge in [-0.1, -0.05) is 19.9 Å². The third-order valence-corrected chi connectivity index (χ3v) is 1.88. The summed E-state index contributed by atoms with van der Waals surface area (Å²) in [6, 6.07) is 3.30. The first kappa shape index (κ1) is 9.13. The molecule has 0 atom stereocenters. The van der Waals surface area contributed by atoms with Gasteiger partial charge in [0.15, 0.2) is 0 Å². The van der Waals surface area contributed by atoms with Crippen molar-refractivity contribution in [2.24, 2.45) is 0 Å². The molecule has 1 aromatic rings. The van der Waals surface area contributed by atoms with Gasteiger partial charge in [-0.2, -0.15) is 4.39 Å². The summed E-state index contributed by atoms with van der Waals surface area (Å²) in [5.41, 5.74) is -0.106. The zero-order chi connectivity index (χ0) is 9.19. The number of pyridine rings is 1. The summed E-state index contributed by atoms with van der Waals surface area (Å²) < 4.78 is 13.1. The van der Waals surface area contributed by atoms with E-state index >= 15 is 0 Å². The molecule has 0 amide bonds. The van der Waals surface area contributed by atoms with Crippen molar-refractivity contribution >= 4 is 0 Å². The molecule has 0 aromatic carbocycles. The van der Waals surface area contributed by atoms with E-state index in [0.29, 0.717) is 5.56 Å². The first-order valence-corrected chi connectivity index (χ1v) is 3.80. The maximum absolute atomic E-state index is 13.1. The van der Waals surface area contributed by atoms with Gasteiger partial charge in [-0.15, -0.1) is 0 Å². The van der Waals surface area contributed by atoms with Crippen molar-refractivity contribution in [3.8, 4) is 0 Å². The molecular weight excluding hydrogens is 157 g/mol. The van der Waals surface area contributed by atoms with Crippen LogP contribution < -0.4 is 0 Å². The van der Waals surface area contributed by atoms with Crippen molar-refractivity contribution in [3.05, 3.63) is 29.8 Å². The minimum absolute atomic E-state index is 0.0877. The zero-order valence-electron chi connectivity index (χ0n) is 7.21. The number of rotatable bonds is 2. The number of hydrogen-bond acceptors (Lipinski definition) is 2. The van der Waals surface area contributed by atoms with Crippen LogP contribution >= 0.6 is 0 Å². The molecule has 0 fully saturated rings. The quantitative estimate of drug-likeness (QED) is 0.680. The van der Waals surface area contributed by atoms with Crippen molar-refractivity contribution in [2.45, 2.75) is 19.3 Å². The molecule has 0 bridgehead atoms. The normalized spacial score (nSPS) is 11.7. The number of aliphatic hydroxyl groups is 1. The average Bonchev–Trinajstić information content (AvgIpc) is 2.05. The lowest BCUT2D eigenvalue weighted by Gasteiger charge is -2.21. The zero-order valence-corrected chi connectivity index (χ0v) is 7.21. The van der Waals surface area contributed by atoms with Gasteiger partial charge in [0.05, 0.1) is 6.61 Å². The number of aromatic nitrogens is 1. The first-order valence-electron chi connectivity index (χ1n) is 3.80. The van der Waals surface area contributed by atoms with E-state index in [2.05, 4.69) is 4.98 Å². The van der Waals surface area contributed by atoms with E-state index in [1.165, 1.54) is 6.20 Å². The molecule has 12 heavy (non-hydrogen) atoms. The Morgan fingerprint density at radius 2 is 2.25 bits per heavy atom. The van der Waals surface area contributed by atoms with Crippen molar-refractivity contribution in [2.75, 3.05) is 6.61 Å². The van der Waals surface area contributed by atoms with Gasteiger partial charge in [-0.25, -0.2) is 4.98 Å². The predicted molar refractivity (Wildman–Crippen MR) is 44.3 cm³/mol. The number of halogens is 1. The lowest BCUT2D eigenvalue weighted by Crippen LogP contribution is -2.23. The Balaban J connectivity index is 3.10. The van der Waals surface area contributed by atoms with E-state index in [1.54, 1.807) is 26.0 Å². The molecule has 0 aliphatic rings. The van der Waals surface area contributed by atoms with Crippen LogP contribution in [0.1, 0.15) is 19.4 Å². The van der Waals surface area contributed by atoms with Crippen LogP contribution in [0.4, 0.5) is 4.39 Å².